The SMILES string of the molecule is COC(=O)c1cccc(NS(=O)(=O)c2cccnc2N)c1. The summed E-state index contributed by atoms with van der Waals surface area (Å²) in [4.78, 5) is 15.0. The third-order valence-corrected chi connectivity index (χ3v) is 4.05. The molecule has 7 nitrogen and oxygen atoms in total. The third-order valence-electron chi connectivity index (χ3n) is 2.63. The number of carbonyl (C=O) groups excluding carboxylic acids is 1. The molecular formula is C13H13N3O4S. The van der Waals surface area contributed by atoms with E-state index in [-0.39, 0.29) is 22.0 Å². The van der Waals surface area contributed by atoms with Gasteiger partial charge in [0.2, 0.25) is 0 Å². The molecule has 8 heteroatoms. The van der Waals surface area contributed by atoms with E-state index in [4.69, 9.17) is 5.73 Å². The number of pyridine rings is 1. The number of carbonyl (C=O) groups is 1. The van der Waals surface area contributed by atoms with Gasteiger partial charge >= 0.3 is 5.97 Å². The molecule has 0 aliphatic carbocycles. The van der Waals surface area contributed by atoms with Gasteiger partial charge in [0, 0.05) is 11.9 Å². The number of benzene rings is 1. The first kappa shape index (κ1) is 14.8. The zero-order valence-corrected chi connectivity index (χ0v) is 11.9. The summed E-state index contributed by atoms with van der Waals surface area (Å²) in [5, 5.41) is 0. The zero-order valence-electron chi connectivity index (χ0n) is 11.1. The maximum Gasteiger partial charge on any atom is 0.337 e. The minimum atomic E-state index is -3.88. The van der Waals surface area contributed by atoms with Crippen molar-refractivity contribution < 1.29 is 17.9 Å². The molecule has 0 unspecified atom stereocenters. The Morgan fingerprint density at radius 1 is 1.29 bits per heavy atom. The lowest BCUT2D eigenvalue weighted by Gasteiger charge is -2.10. The Hall–Kier alpha value is -2.61. The number of nitrogens with two attached hydrogens (primary N) is 1. The van der Waals surface area contributed by atoms with E-state index in [0.29, 0.717) is 0 Å². The third kappa shape index (κ3) is 3.29. The first-order valence-corrected chi connectivity index (χ1v) is 7.34. The first-order chi connectivity index (χ1) is 9.94. The predicted molar refractivity (Wildman–Crippen MR) is 77.2 cm³/mol. The maximum absolute atomic E-state index is 12.2. The van der Waals surface area contributed by atoms with E-state index in [2.05, 4.69) is 14.4 Å². The van der Waals surface area contributed by atoms with Crippen molar-refractivity contribution in [1.29, 1.82) is 0 Å². The van der Waals surface area contributed by atoms with Crippen LogP contribution in [-0.2, 0) is 14.8 Å². The summed E-state index contributed by atoms with van der Waals surface area (Å²) in [5.74, 6) is -0.661. The lowest BCUT2D eigenvalue weighted by molar-refractivity contribution is 0.0601. The highest BCUT2D eigenvalue weighted by Gasteiger charge is 2.18. The standard InChI is InChI=1S/C13H13N3O4S/c1-20-13(17)9-4-2-5-10(8-9)16-21(18,19)11-6-3-7-15-12(11)14/h2-8,16H,1H3,(H2,14,15). The highest BCUT2D eigenvalue weighted by molar-refractivity contribution is 7.92. The molecule has 0 aliphatic heterocycles. The summed E-state index contributed by atoms with van der Waals surface area (Å²) in [6, 6.07) is 8.75. The molecule has 110 valence electrons. The van der Waals surface area contributed by atoms with Gasteiger partial charge in [0.05, 0.1) is 12.7 Å². The number of aromatic nitrogens is 1. The van der Waals surface area contributed by atoms with Crippen LogP contribution in [0.3, 0.4) is 0 Å². The Balaban J connectivity index is 2.34. The van der Waals surface area contributed by atoms with E-state index in [0.717, 1.165) is 0 Å². The maximum atomic E-state index is 12.2. The van der Waals surface area contributed by atoms with Crippen molar-refractivity contribution in [3.05, 3.63) is 48.2 Å². The fraction of sp³-hybridized carbons (Fsp3) is 0.0769. The molecule has 2 aromatic rings. The van der Waals surface area contributed by atoms with Crippen molar-refractivity contribution in [1.82, 2.24) is 4.98 Å². The Kier molecular flexibility index (Phi) is 4.08. The molecule has 0 saturated carbocycles. The van der Waals surface area contributed by atoms with E-state index in [1.165, 1.54) is 49.7 Å². The number of nitrogen functional groups attached to an aromatic ring is 1. The molecule has 2 rings (SSSR count). The molecule has 1 aromatic carbocycles. The number of esters is 1. The largest absolute Gasteiger partial charge is 0.465 e. The number of rotatable bonds is 4. The van der Waals surface area contributed by atoms with Crippen LogP contribution in [0.25, 0.3) is 0 Å². The van der Waals surface area contributed by atoms with Crippen LogP contribution < -0.4 is 10.5 Å². The van der Waals surface area contributed by atoms with Gasteiger partial charge in [-0.05, 0) is 30.3 Å². The van der Waals surface area contributed by atoms with E-state index in [1.54, 1.807) is 0 Å². The van der Waals surface area contributed by atoms with Gasteiger partial charge in [0.15, 0.2) is 0 Å². The second-order valence-electron chi connectivity index (χ2n) is 4.06. The summed E-state index contributed by atoms with van der Waals surface area (Å²) in [5.41, 5.74) is 6.01. The van der Waals surface area contributed by atoms with E-state index < -0.39 is 16.0 Å². The van der Waals surface area contributed by atoms with Crippen molar-refractivity contribution in [2.45, 2.75) is 4.90 Å². The van der Waals surface area contributed by atoms with E-state index in [1.807, 2.05) is 0 Å². The van der Waals surface area contributed by atoms with Crippen LogP contribution in [0.4, 0.5) is 11.5 Å². The Morgan fingerprint density at radius 2 is 2.05 bits per heavy atom. The normalized spacial score (nSPS) is 10.9. The molecule has 0 amide bonds. The quantitative estimate of drug-likeness (QED) is 0.822. The average molecular weight is 307 g/mol. The number of nitrogens with zero attached hydrogens (tertiary/aromatic N) is 1. The molecule has 0 bridgehead atoms. The molecule has 0 saturated heterocycles. The monoisotopic (exact) mass is 307 g/mol. The molecule has 3 N–H and O–H groups in total. The van der Waals surface area contributed by atoms with Crippen LogP contribution >= 0.6 is 0 Å². The number of anilines is 2. The molecule has 1 heterocycles. The van der Waals surface area contributed by atoms with Crippen LogP contribution in [-0.4, -0.2) is 26.5 Å². The smallest absolute Gasteiger partial charge is 0.337 e. The van der Waals surface area contributed by atoms with Crippen molar-refractivity contribution in [2.75, 3.05) is 17.6 Å². The van der Waals surface area contributed by atoms with Gasteiger partial charge < -0.3 is 10.5 Å². The van der Waals surface area contributed by atoms with Gasteiger partial charge in [-0.15, -0.1) is 0 Å². The predicted octanol–water partition coefficient (Wildman–Crippen LogP) is 1.25. The lowest BCUT2D eigenvalue weighted by atomic mass is 10.2. The van der Waals surface area contributed by atoms with Gasteiger partial charge in [0.1, 0.15) is 10.7 Å². The summed E-state index contributed by atoms with van der Waals surface area (Å²) < 4.78 is 31.4. The highest BCUT2D eigenvalue weighted by Crippen LogP contribution is 2.20. The number of nitrogens with one attached hydrogen (secondary N) is 1. The lowest BCUT2D eigenvalue weighted by Crippen LogP contribution is -2.15. The molecule has 0 spiro atoms. The molecule has 1 aromatic heterocycles. The topological polar surface area (TPSA) is 111 Å². The second kappa shape index (κ2) is 5.80. The second-order valence-corrected chi connectivity index (χ2v) is 5.72. The highest BCUT2D eigenvalue weighted by atomic mass is 32.2. The van der Waals surface area contributed by atoms with Crippen molar-refractivity contribution in [2.24, 2.45) is 0 Å². The molecule has 0 radical (unpaired) electrons. The van der Waals surface area contributed by atoms with Crippen molar-refractivity contribution >= 4 is 27.5 Å². The summed E-state index contributed by atoms with van der Waals surface area (Å²) in [6.07, 6.45) is 1.40. The van der Waals surface area contributed by atoms with E-state index >= 15 is 0 Å². The number of methoxy groups -OCH3 is 1. The minimum Gasteiger partial charge on any atom is -0.465 e. The zero-order chi connectivity index (χ0) is 15.5. The summed E-state index contributed by atoms with van der Waals surface area (Å²) in [7, 11) is -2.64. The Morgan fingerprint density at radius 3 is 2.71 bits per heavy atom. The summed E-state index contributed by atoms with van der Waals surface area (Å²) >= 11 is 0. The molecule has 0 aliphatic rings. The number of sulfonamides is 1. The van der Waals surface area contributed by atoms with Crippen LogP contribution in [0.15, 0.2) is 47.5 Å². The number of ether oxygens (including phenoxy) is 1. The van der Waals surface area contributed by atoms with Crippen LogP contribution in [0.5, 0.6) is 0 Å². The number of hydrogen-bond donors (Lipinski definition) is 2. The fourth-order valence-electron chi connectivity index (χ4n) is 1.67. The number of hydrogen-bond acceptors (Lipinski definition) is 6. The average Bonchev–Trinajstić information content (AvgIpc) is 2.46. The molecule has 21 heavy (non-hydrogen) atoms. The fourth-order valence-corrected chi connectivity index (χ4v) is 2.80. The van der Waals surface area contributed by atoms with Crippen molar-refractivity contribution in [3.63, 3.8) is 0 Å². The summed E-state index contributed by atoms with van der Waals surface area (Å²) in [6.45, 7) is 0. The van der Waals surface area contributed by atoms with Crippen LogP contribution in [0.2, 0.25) is 0 Å². The molecule has 0 atom stereocenters. The van der Waals surface area contributed by atoms with Crippen LogP contribution in [0.1, 0.15) is 10.4 Å². The Labute approximate surface area is 121 Å². The van der Waals surface area contributed by atoms with Gasteiger partial charge in [-0.1, -0.05) is 6.07 Å². The van der Waals surface area contributed by atoms with Gasteiger partial charge in [-0.25, -0.2) is 18.2 Å². The van der Waals surface area contributed by atoms with Gasteiger partial charge in [-0.3, -0.25) is 4.72 Å². The van der Waals surface area contributed by atoms with Gasteiger partial charge in [-0.2, -0.15) is 0 Å². The van der Waals surface area contributed by atoms with Crippen LogP contribution in [0, 0.1) is 0 Å². The van der Waals surface area contributed by atoms with Crippen molar-refractivity contribution in [3.8, 4) is 0 Å². The van der Waals surface area contributed by atoms with Gasteiger partial charge in [0.25, 0.3) is 10.0 Å². The minimum absolute atomic E-state index is 0.103. The molecule has 0 fully saturated rings. The Bertz CT molecular complexity index is 774. The van der Waals surface area contributed by atoms with E-state index in [9.17, 15) is 13.2 Å². The molecular weight excluding hydrogens is 294 g/mol. The first-order valence-electron chi connectivity index (χ1n) is 5.86.